The van der Waals surface area contributed by atoms with Gasteiger partial charge in [-0.15, -0.1) is 6.58 Å². The Morgan fingerprint density at radius 1 is 1.47 bits per heavy atom. The zero-order valence-electron chi connectivity index (χ0n) is 11.8. The lowest BCUT2D eigenvalue weighted by Crippen LogP contribution is -2.43. The highest BCUT2D eigenvalue weighted by Gasteiger charge is 2.45. The highest BCUT2D eigenvalue weighted by molar-refractivity contribution is 5.93. The lowest BCUT2D eigenvalue weighted by Gasteiger charge is -2.43. The second kappa shape index (κ2) is 5.20. The highest BCUT2D eigenvalue weighted by atomic mass is 16.1. The van der Waals surface area contributed by atoms with Crippen LogP contribution in [0.2, 0.25) is 0 Å². The molecule has 1 N–H and O–H groups in total. The summed E-state index contributed by atoms with van der Waals surface area (Å²) in [6, 6.07) is -0.0541. The topological polar surface area (TPSA) is 41.5 Å². The van der Waals surface area contributed by atoms with E-state index in [2.05, 4.69) is 18.0 Å². The lowest BCUT2D eigenvalue weighted by molar-refractivity contribution is -0.118. The third-order valence-electron chi connectivity index (χ3n) is 5.34. The van der Waals surface area contributed by atoms with E-state index < -0.39 is 0 Å². The summed E-state index contributed by atoms with van der Waals surface area (Å²) < 4.78 is 0. The van der Waals surface area contributed by atoms with Crippen LogP contribution < -0.4 is 5.32 Å². The number of carbonyl (C=O) groups excluding carboxylic acids is 1. The molecule has 2 aliphatic heterocycles. The van der Waals surface area contributed by atoms with Crippen molar-refractivity contribution in [2.45, 2.75) is 38.6 Å². The Balaban J connectivity index is 1.87. The van der Waals surface area contributed by atoms with E-state index >= 15 is 0 Å². The fourth-order valence-corrected chi connectivity index (χ4v) is 4.40. The lowest BCUT2D eigenvalue weighted by atomic mass is 9.63. The number of hydrogen-bond donors (Lipinski definition) is 1. The minimum absolute atomic E-state index is 0.0541. The van der Waals surface area contributed by atoms with Crippen molar-refractivity contribution < 1.29 is 4.79 Å². The molecule has 3 aliphatic rings. The van der Waals surface area contributed by atoms with Crippen LogP contribution in [0.4, 0.5) is 0 Å². The number of ketones is 1. The smallest absolute Gasteiger partial charge is 0.154 e. The van der Waals surface area contributed by atoms with Crippen LogP contribution in [-0.4, -0.2) is 30.6 Å². The molecule has 0 aromatic rings. The van der Waals surface area contributed by atoms with Gasteiger partial charge in [-0.2, -0.15) is 0 Å². The van der Waals surface area contributed by atoms with E-state index in [1.165, 1.54) is 5.71 Å². The van der Waals surface area contributed by atoms with E-state index in [-0.39, 0.29) is 11.8 Å². The third-order valence-corrected chi connectivity index (χ3v) is 5.34. The van der Waals surface area contributed by atoms with Crippen LogP contribution >= 0.6 is 0 Å². The van der Waals surface area contributed by atoms with Gasteiger partial charge in [0.1, 0.15) is 6.04 Å². The zero-order chi connectivity index (χ0) is 13.4. The summed E-state index contributed by atoms with van der Waals surface area (Å²) >= 11 is 0. The maximum atomic E-state index is 11.6. The molecule has 3 heteroatoms. The molecule has 5 unspecified atom stereocenters. The average Bonchev–Trinajstić information content (AvgIpc) is 2.85. The van der Waals surface area contributed by atoms with Gasteiger partial charge in [-0.1, -0.05) is 6.08 Å². The van der Waals surface area contributed by atoms with E-state index in [1.807, 2.05) is 0 Å². The van der Waals surface area contributed by atoms with Gasteiger partial charge in [0.15, 0.2) is 5.78 Å². The SMILES string of the molecule is C=CCC1C2CCC(C(C)=O)N=C2CC2CNCC21. The molecule has 2 fully saturated rings. The van der Waals surface area contributed by atoms with Gasteiger partial charge in [-0.05, 0) is 63.5 Å². The van der Waals surface area contributed by atoms with Crippen LogP contribution in [0, 0.1) is 23.7 Å². The van der Waals surface area contributed by atoms with Crippen LogP contribution in [0.1, 0.15) is 32.6 Å². The third kappa shape index (κ3) is 2.29. The molecule has 0 spiro atoms. The van der Waals surface area contributed by atoms with E-state index in [0.717, 1.165) is 50.6 Å². The quantitative estimate of drug-likeness (QED) is 0.791. The monoisotopic (exact) mass is 260 g/mol. The Kier molecular flexibility index (Phi) is 3.57. The average molecular weight is 260 g/mol. The zero-order valence-corrected chi connectivity index (χ0v) is 11.8. The van der Waals surface area contributed by atoms with Crippen LogP contribution in [0.15, 0.2) is 17.6 Å². The first kappa shape index (κ1) is 13.0. The first-order valence-electron chi connectivity index (χ1n) is 7.59. The highest BCUT2D eigenvalue weighted by Crippen LogP contribution is 2.45. The molecule has 0 radical (unpaired) electrons. The second-order valence-electron chi connectivity index (χ2n) is 6.41. The van der Waals surface area contributed by atoms with Crippen molar-refractivity contribution in [3.63, 3.8) is 0 Å². The van der Waals surface area contributed by atoms with Gasteiger partial charge >= 0.3 is 0 Å². The number of allylic oxidation sites excluding steroid dienone is 1. The molecule has 0 aromatic carbocycles. The van der Waals surface area contributed by atoms with Crippen molar-refractivity contribution in [2.75, 3.05) is 13.1 Å². The summed E-state index contributed by atoms with van der Waals surface area (Å²) in [4.78, 5) is 16.4. The molecular formula is C16H24N2O. The van der Waals surface area contributed by atoms with Gasteiger partial charge < -0.3 is 5.32 Å². The van der Waals surface area contributed by atoms with Crippen molar-refractivity contribution >= 4 is 11.5 Å². The van der Waals surface area contributed by atoms with Crippen LogP contribution in [0.5, 0.6) is 0 Å². The van der Waals surface area contributed by atoms with Crippen molar-refractivity contribution in [3.8, 4) is 0 Å². The Hall–Kier alpha value is -0.960. The maximum Gasteiger partial charge on any atom is 0.154 e. The predicted molar refractivity (Wildman–Crippen MR) is 77.4 cm³/mol. The number of Topliss-reactive ketones (excluding diaryl/α,β-unsaturated/α-hetero) is 1. The Morgan fingerprint density at radius 2 is 2.32 bits per heavy atom. The van der Waals surface area contributed by atoms with Crippen molar-refractivity contribution in [2.24, 2.45) is 28.7 Å². The molecule has 3 rings (SSSR count). The summed E-state index contributed by atoms with van der Waals surface area (Å²) in [5, 5.41) is 3.54. The van der Waals surface area contributed by atoms with Gasteiger partial charge in [-0.3, -0.25) is 9.79 Å². The summed E-state index contributed by atoms with van der Waals surface area (Å²) in [7, 11) is 0. The molecule has 0 aromatic heterocycles. The number of fused-ring (bicyclic) bond motifs is 2. The van der Waals surface area contributed by atoms with Gasteiger partial charge in [-0.25, -0.2) is 0 Å². The van der Waals surface area contributed by atoms with Crippen LogP contribution in [0.3, 0.4) is 0 Å². The van der Waals surface area contributed by atoms with Crippen LogP contribution in [0.25, 0.3) is 0 Å². The number of hydrogen-bond acceptors (Lipinski definition) is 3. The summed E-state index contributed by atoms with van der Waals surface area (Å²) in [5.41, 5.74) is 1.34. The van der Waals surface area contributed by atoms with Gasteiger partial charge in [0.25, 0.3) is 0 Å². The molecule has 19 heavy (non-hydrogen) atoms. The first-order valence-corrected chi connectivity index (χ1v) is 7.59. The molecule has 2 heterocycles. The van der Waals surface area contributed by atoms with Gasteiger partial charge in [0.05, 0.1) is 0 Å². The first-order chi connectivity index (χ1) is 9.20. The number of nitrogens with one attached hydrogen (secondary N) is 1. The molecule has 1 aliphatic carbocycles. The second-order valence-corrected chi connectivity index (χ2v) is 6.41. The number of aliphatic imine (C=N–C) groups is 1. The van der Waals surface area contributed by atoms with Gasteiger partial charge in [0.2, 0.25) is 0 Å². The fourth-order valence-electron chi connectivity index (χ4n) is 4.40. The molecular weight excluding hydrogens is 236 g/mol. The Bertz CT molecular complexity index is 415. The number of nitrogens with zero attached hydrogens (tertiary/aromatic N) is 1. The fraction of sp³-hybridized carbons (Fsp3) is 0.750. The molecule has 1 saturated heterocycles. The van der Waals surface area contributed by atoms with Crippen molar-refractivity contribution in [1.29, 1.82) is 0 Å². The minimum Gasteiger partial charge on any atom is -0.316 e. The molecule has 0 amide bonds. The summed E-state index contributed by atoms with van der Waals surface area (Å²) in [5.74, 6) is 3.05. The van der Waals surface area contributed by atoms with E-state index in [0.29, 0.717) is 11.8 Å². The standard InChI is InChI=1S/C16H24N2O/c1-3-4-12-13-5-6-15(10(2)19)18-16(13)7-11-8-17-9-14(11)12/h3,11-15,17H,1,4-9H2,2H3. The van der Waals surface area contributed by atoms with E-state index in [1.54, 1.807) is 6.92 Å². The number of carbonyl (C=O) groups is 1. The largest absolute Gasteiger partial charge is 0.316 e. The van der Waals surface area contributed by atoms with E-state index in [4.69, 9.17) is 4.99 Å². The molecule has 3 nitrogen and oxygen atoms in total. The summed E-state index contributed by atoms with van der Waals surface area (Å²) in [6.07, 6.45) is 6.36. The van der Waals surface area contributed by atoms with E-state index in [9.17, 15) is 4.79 Å². The van der Waals surface area contributed by atoms with Crippen LogP contribution in [-0.2, 0) is 4.79 Å². The molecule has 1 saturated carbocycles. The van der Waals surface area contributed by atoms with Gasteiger partial charge in [0, 0.05) is 11.6 Å². The normalized spacial score (nSPS) is 41.1. The molecule has 104 valence electrons. The Morgan fingerprint density at radius 3 is 3.05 bits per heavy atom. The minimum atomic E-state index is -0.0541. The molecule has 0 bridgehead atoms. The van der Waals surface area contributed by atoms with Crippen molar-refractivity contribution in [3.05, 3.63) is 12.7 Å². The maximum absolute atomic E-state index is 11.6. The molecule has 5 atom stereocenters. The number of rotatable bonds is 3. The Labute approximate surface area is 115 Å². The predicted octanol–water partition coefficient (Wildman–Crippen LogP) is 2.23. The summed E-state index contributed by atoms with van der Waals surface area (Å²) in [6.45, 7) is 7.89. The van der Waals surface area contributed by atoms with Crippen molar-refractivity contribution in [1.82, 2.24) is 5.32 Å².